The molecule has 1 saturated heterocycles. The Labute approximate surface area is 109 Å². The summed E-state index contributed by atoms with van der Waals surface area (Å²) >= 11 is 0. The van der Waals surface area contributed by atoms with E-state index in [2.05, 4.69) is 43.0 Å². The average molecular weight is 243 g/mol. The number of furan rings is 1. The van der Waals surface area contributed by atoms with Gasteiger partial charge in [0.1, 0.15) is 11.3 Å². The summed E-state index contributed by atoms with van der Waals surface area (Å²) in [5.41, 5.74) is 2.29. The van der Waals surface area contributed by atoms with Crippen molar-refractivity contribution in [1.29, 1.82) is 0 Å². The van der Waals surface area contributed by atoms with E-state index < -0.39 is 0 Å². The first-order chi connectivity index (χ1) is 8.74. The van der Waals surface area contributed by atoms with E-state index in [1.807, 2.05) is 0 Å². The monoisotopic (exact) mass is 243 g/mol. The van der Waals surface area contributed by atoms with E-state index in [-0.39, 0.29) is 0 Å². The van der Waals surface area contributed by atoms with E-state index in [1.54, 1.807) is 0 Å². The smallest absolute Gasteiger partial charge is 0.137 e. The summed E-state index contributed by atoms with van der Waals surface area (Å²) in [4.78, 5) is 2.57. The van der Waals surface area contributed by atoms with Gasteiger partial charge in [-0.3, -0.25) is 0 Å². The Morgan fingerprint density at radius 2 is 2.28 bits per heavy atom. The van der Waals surface area contributed by atoms with Crippen LogP contribution in [0.3, 0.4) is 0 Å². The van der Waals surface area contributed by atoms with Gasteiger partial charge in [-0.15, -0.1) is 0 Å². The van der Waals surface area contributed by atoms with Crippen LogP contribution in [0.5, 0.6) is 0 Å². The van der Waals surface area contributed by atoms with Crippen LogP contribution in [-0.2, 0) is 6.42 Å². The van der Waals surface area contributed by atoms with Crippen molar-refractivity contribution in [3.63, 3.8) is 0 Å². The highest BCUT2D eigenvalue weighted by Gasteiger charge is 2.19. The van der Waals surface area contributed by atoms with Crippen LogP contribution in [0.1, 0.15) is 31.1 Å². The van der Waals surface area contributed by atoms with Gasteiger partial charge < -0.3 is 9.32 Å². The molecule has 1 aromatic carbocycles. The second kappa shape index (κ2) is 4.77. The minimum atomic E-state index is 0.746. The number of benzene rings is 1. The lowest BCUT2D eigenvalue weighted by atomic mass is 10.2. The van der Waals surface area contributed by atoms with Gasteiger partial charge in [-0.05, 0) is 44.9 Å². The normalized spacial score (nSPS) is 20.9. The Morgan fingerprint density at radius 3 is 3.00 bits per heavy atom. The van der Waals surface area contributed by atoms with E-state index in [4.69, 9.17) is 4.42 Å². The molecule has 0 saturated carbocycles. The van der Waals surface area contributed by atoms with Gasteiger partial charge in [-0.25, -0.2) is 0 Å². The number of nitrogens with zero attached hydrogens (tertiary/aromatic N) is 1. The Kier molecular flexibility index (Phi) is 3.13. The summed E-state index contributed by atoms with van der Waals surface area (Å²) in [5.74, 6) is 1.12. The van der Waals surface area contributed by atoms with E-state index in [0.29, 0.717) is 0 Å². The molecule has 0 radical (unpaired) electrons. The third kappa shape index (κ3) is 2.17. The average Bonchev–Trinajstić information content (AvgIpc) is 2.93. The molecule has 1 aliphatic heterocycles. The Morgan fingerprint density at radius 1 is 1.39 bits per heavy atom. The number of rotatable bonds is 3. The fraction of sp³-hybridized carbons (Fsp3) is 0.500. The molecule has 1 atom stereocenters. The highest BCUT2D eigenvalue weighted by molar-refractivity contribution is 5.80. The maximum atomic E-state index is 5.97. The van der Waals surface area contributed by atoms with Crippen molar-refractivity contribution in [2.75, 3.05) is 13.1 Å². The number of likely N-dealkylation sites (tertiary alicyclic amines) is 1. The van der Waals surface area contributed by atoms with E-state index in [1.165, 1.54) is 30.3 Å². The van der Waals surface area contributed by atoms with Gasteiger partial charge in [0.05, 0.1) is 0 Å². The molecule has 0 spiro atoms. The van der Waals surface area contributed by atoms with Gasteiger partial charge in [0.25, 0.3) is 0 Å². The molecule has 2 aromatic rings. The van der Waals surface area contributed by atoms with Crippen LogP contribution in [0.2, 0.25) is 0 Å². The van der Waals surface area contributed by atoms with Crippen LogP contribution in [0.15, 0.2) is 28.7 Å². The van der Waals surface area contributed by atoms with Crippen molar-refractivity contribution < 1.29 is 4.42 Å². The van der Waals surface area contributed by atoms with Crippen LogP contribution in [0, 0.1) is 6.92 Å². The fourth-order valence-electron chi connectivity index (χ4n) is 2.96. The number of hydrogen-bond acceptors (Lipinski definition) is 2. The van der Waals surface area contributed by atoms with Gasteiger partial charge in [0.2, 0.25) is 0 Å². The largest absolute Gasteiger partial charge is 0.461 e. The lowest BCUT2D eigenvalue weighted by Crippen LogP contribution is -2.28. The third-order valence-electron chi connectivity index (χ3n) is 4.13. The Bertz CT molecular complexity index is 543. The van der Waals surface area contributed by atoms with Gasteiger partial charge in [-0.1, -0.05) is 18.2 Å². The molecule has 96 valence electrons. The van der Waals surface area contributed by atoms with Crippen molar-refractivity contribution in [2.45, 2.75) is 39.2 Å². The van der Waals surface area contributed by atoms with Gasteiger partial charge >= 0.3 is 0 Å². The Hall–Kier alpha value is -1.28. The van der Waals surface area contributed by atoms with E-state index >= 15 is 0 Å². The van der Waals surface area contributed by atoms with Gasteiger partial charge in [0.15, 0.2) is 0 Å². The third-order valence-corrected chi connectivity index (χ3v) is 4.13. The minimum absolute atomic E-state index is 0.746. The zero-order valence-corrected chi connectivity index (χ0v) is 11.3. The van der Waals surface area contributed by atoms with Gasteiger partial charge in [0, 0.05) is 24.4 Å². The highest BCUT2D eigenvalue weighted by Crippen LogP contribution is 2.24. The molecular weight excluding hydrogens is 222 g/mol. The van der Waals surface area contributed by atoms with Crippen molar-refractivity contribution >= 4 is 11.0 Å². The van der Waals surface area contributed by atoms with Crippen LogP contribution in [0.25, 0.3) is 11.0 Å². The predicted octanol–water partition coefficient (Wildman–Crippen LogP) is 3.77. The second-order valence-corrected chi connectivity index (χ2v) is 5.48. The van der Waals surface area contributed by atoms with E-state index in [9.17, 15) is 0 Å². The summed E-state index contributed by atoms with van der Waals surface area (Å²) in [6.07, 6.45) is 3.72. The van der Waals surface area contributed by atoms with Crippen LogP contribution in [0.4, 0.5) is 0 Å². The molecule has 2 nitrogen and oxygen atoms in total. The molecule has 18 heavy (non-hydrogen) atoms. The lowest BCUT2D eigenvalue weighted by Gasteiger charge is -2.19. The summed E-state index contributed by atoms with van der Waals surface area (Å²) in [6, 6.07) is 9.28. The zero-order chi connectivity index (χ0) is 12.5. The van der Waals surface area contributed by atoms with Crippen LogP contribution in [-0.4, -0.2) is 24.0 Å². The molecule has 0 unspecified atom stereocenters. The molecule has 3 rings (SSSR count). The summed E-state index contributed by atoms with van der Waals surface area (Å²) in [5, 5.41) is 1.24. The first-order valence-electron chi connectivity index (χ1n) is 6.96. The predicted molar refractivity (Wildman–Crippen MR) is 74.9 cm³/mol. The second-order valence-electron chi connectivity index (χ2n) is 5.48. The SMILES string of the molecule is Cc1cccc2cc(CCN3CCC[C@H]3C)oc12. The first kappa shape index (κ1) is 11.8. The standard InChI is InChI=1S/C16H21NO/c1-12-5-3-7-14-11-15(18-16(12)14)8-10-17-9-4-6-13(17)2/h3,5,7,11,13H,4,6,8-10H2,1-2H3/t13-/m1/s1. The van der Waals surface area contributed by atoms with E-state index in [0.717, 1.165) is 30.4 Å². The van der Waals surface area contributed by atoms with Crippen LogP contribution < -0.4 is 0 Å². The molecule has 1 fully saturated rings. The molecule has 2 heteroatoms. The van der Waals surface area contributed by atoms with Crippen molar-refractivity contribution in [3.8, 4) is 0 Å². The summed E-state index contributed by atoms with van der Waals surface area (Å²) < 4.78 is 5.97. The Balaban J connectivity index is 1.73. The minimum Gasteiger partial charge on any atom is -0.461 e. The molecule has 0 N–H and O–H groups in total. The number of aryl methyl sites for hydroxylation is 1. The number of fused-ring (bicyclic) bond motifs is 1. The summed E-state index contributed by atoms with van der Waals surface area (Å²) in [6.45, 7) is 6.81. The maximum Gasteiger partial charge on any atom is 0.137 e. The quantitative estimate of drug-likeness (QED) is 0.816. The first-order valence-corrected chi connectivity index (χ1v) is 6.96. The molecule has 1 aliphatic rings. The zero-order valence-electron chi connectivity index (χ0n) is 11.3. The molecule has 2 heterocycles. The highest BCUT2D eigenvalue weighted by atomic mass is 16.3. The van der Waals surface area contributed by atoms with Crippen molar-refractivity contribution in [3.05, 3.63) is 35.6 Å². The van der Waals surface area contributed by atoms with Crippen LogP contribution >= 0.6 is 0 Å². The van der Waals surface area contributed by atoms with Crippen molar-refractivity contribution in [2.24, 2.45) is 0 Å². The molecule has 0 bridgehead atoms. The maximum absolute atomic E-state index is 5.97. The molecule has 0 aliphatic carbocycles. The summed E-state index contributed by atoms with van der Waals surface area (Å²) in [7, 11) is 0. The van der Waals surface area contributed by atoms with Gasteiger partial charge in [-0.2, -0.15) is 0 Å². The molecule has 0 amide bonds. The lowest BCUT2D eigenvalue weighted by molar-refractivity contribution is 0.266. The van der Waals surface area contributed by atoms with Crippen molar-refractivity contribution in [1.82, 2.24) is 4.90 Å². The number of hydrogen-bond donors (Lipinski definition) is 0. The topological polar surface area (TPSA) is 16.4 Å². The molecular formula is C16H21NO. The fourth-order valence-corrected chi connectivity index (χ4v) is 2.96. The molecule has 1 aromatic heterocycles. The number of para-hydroxylation sites is 1.